The molecule has 1 aromatic carbocycles. The summed E-state index contributed by atoms with van der Waals surface area (Å²) in [5, 5.41) is 4.00. The van der Waals surface area contributed by atoms with Crippen LogP contribution in [0.4, 0.5) is 5.00 Å². The molecular formula is C19H21ClN2O2S. The molecule has 4 nitrogen and oxygen atoms in total. The van der Waals surface area contributed by atoms with Gasteiger partial charge in [0, 0.05) is 15.5 Å². The predicted octanol–water partition coefficient (Wildman–Crippen LogP) is 4.66. The van der Waals surface area contributed by atoms with Gasteiger partial charge >= 0.3 is 0 Å². The molecule has 3 N–H and O–H groups in total. The highest BCUT2D eigenvalue weighted by Crippen LogP contribution is 2.40. The lowest BCUT2D eigenvalue weighted by atomic mass is 9.84. The van der Waals surface area contributed by atoms with Crippen LogP contribution in [0.5, 0.6) is 0 Å². The largest absolute Gasteiger partial charge is 0.365 e. The SMILES string of the molecule is CCCC1CCc2c(sc(NC(=O)c3ccc(Cl)cc3)c2C(N)=O)C1. The van der Waals surface area contributed by atoms with E-state index in [1.807, 2.05) is 0 Å². The second-order valence-electron chi connectivity index (χ2n) is 6.43. The van der Waals surface area contributed by atoms with Crippen molar-refractivity contribution >= 4 is 39.8 Å². The summed E-state index contributed by atoms with van der Waals surface area (Å²) < 4.78 is 0. The Morgan fingerprint density at radius 3 is 2.68 bits per heavy atom. The van der Waals surface area contributed by atoms with Crippen molar-refractivity contribution in [3.05, 3.63) is 50.9 Å². The third-order valence-corrected chi connectivity index (χ3v) is 6.07. The number of nitrogens with one attached hydrogen (secondary N) is 1. The van der Waals surface area contributed by atoms with Crippen molar-refractivity contribution in [3.8, 4) is 0 Å². The molecule has 25 heavy (non-hydrogen) atoms. The molecule has 1 unspecified atom stereocenters. The Bertz CT molecular complexity index is 799. The van der Waals surface area contributed by atoms with Crippen LogP contribution in [0.25, 0.3) is 0 Å². The fraction of sp³-hybridized carbons (Fsp3) is 0.368. The second kappa shape index (κ2) is 7.58. The number of rotatable bonds is 5. The van der Waals surface area contributed by atoms with Gasteiger partial charge in [-0.05, 0) is 55.0 Å². The van der Waals surface area contributed by atoms with Crippen molar-refractivity contribution in [3.63, 3.8) is 0 Å². The number of halogens is 1. The average molecular weight is 377 g/mol. The maximum atomic E-state index is 12.5. The highest BCUT2D eigenvalue weighted by molar-refractivity contribution is 7.17. The number of carbonyl (C=O) groups is 2. The van der Waals surface area contributed by atoms with Crippen molar-refractivity contribution in [2.75, 3.05) is 5.32 Å². The van der Waals surface area contributed by atoms with E-state index in [-0.39, 0.29) is 5.91 Å². The Hall–Kier alpha value is -1.85. The van der Waals surface area contributed by atoms with Gasteiger partial charge in [0.25, 0.3) is 11.8 Å². The topological polar surface area (TPSA) is 72.2 Å². The van der Waals surface area contributed by atoms with Crippen molar-refractivity contribution in [2.24, 2.45) is 11.7 Å². The molecular weight excluding hydrogens is 356 g/mol. The van der Waals surface area contributed by atoms with E-state index in [0.717, 1.165) is 31.2 Å². The molecule has 0 saturated heterocycles. The first-order valence-electron chi connectivity index (χ1n) is 8.50. The monoisotopic (exact) mass is 376 g/mol. The fourth-order valence-corrected chi connectivity index (χ4v) is 4.92. The zero-order chi connectivity index (χ0) is 18.0. The molecule has 0 fully saturated rings. The van der Waals surface area contributed by atoms with Gasteiger partial charge in [0.05, 0.1) is 5.56 Å². The Balaban J connectivity index is 1.87. The summed E-state index contributed by atoms with van der Waals surface area (Å²) in [6.07, 6.45) is 5.24. The number of hydrogen-bond acceptors (Lipinski definition) is 3. The zero-order valence-corrected chi connectivity index (χ0v) is 15.7. The summed E-state index contributed by atoms with van der Waals surface area (Å²) in [4.78, 5) is 25.7. The minimum absolute atomic E-state index is 0.261. The maximum absolute atomic E-state index is 12.5. The minimum Gasteiger partial charge on any atom is -0.365 e. The van der Waals surface area contributed by atoms with Crippen molar-refractivity contribution in [1.29, 1.82) is 0 Å². The molecule has 3 rings (SSSR count). The summed E-state index contributed by atoms with van der Waals surface area (Å²) in [6, 6.07) is 6.65. The van der Waals surface area contributed by atoms with Crippen LogP contribution in [0, 0.1) is 5.92 Å². The van der Waals surface area contributed by atoms with E-state index in [2.05, 4.69) is 12.2 Å². The van der Waals surface area contributed by atoms with Gasteiger partial charge in [-0.3, -0.25) is 9.59 Å². The number of nitrogens with two attached hydrogens (primary N) is 1. The Kier molecular flexibility index (Phi) is 5.45. The van der Waals surface area contributed by atoms with Gasteiger partial charge in [0.2, 0.25) is 0 Å². The third-order valence-electron chi connectivity index (χ3n) is 4.64. The normalized spacial score (nSPS) is 16.3. The number of fused-ring (bicyclic) bond motifs is 1. The molecule has 1 atom stereocenters. The van der Waals surface area contributed by atoms with Crippen molar-refractivity contribution in [2.45, 2.75) is 39.0 Å². The van der Waals surface area contributed by atoms with Crippen LogP contribution in [0.1, 0.15) is 57.3 Å². The molecule has 132 valence electrons. The third kappa shape index (κ3) is 3.88. The fourth-order valence-electron chi connectivity index (χ4n) is 3.43. The number of anilines is 1. The Morgan fingerprint density at radius 2 is 2.04 bits per heavy atom. The van der Waals surface area contributed by atoms with Gasteiger partial charge in [-0.25, -0.2) is 0 Å². The lowest BCUT2D eigenvalue weighted by Crippen LogP contribution is -2.19. The van der Waals surface area contributed by atoms with Gasteiger partial charge in [-0.1, -0.05) is 31.4 Å². The average Bonchev–Trinajstić information content (AvgIpc) is 2.92. The van der Waals surface area contributed by atoms with E-state index < -0.39 is 5.91 Å². The quantitative estimate of drug-likeness (QED) is 0.796. The minimum atomic E-state index is -0.474. The molecule has 0 aliphatic heterocycles. The molecule has 2 aromatic rings. The first-order valence-corrected chi connectivity index (χ1v) is 9.70. The second-order valence-corrected chi connectivity index (χ2v) is 7.97. The Labute approximate surface area is 156 Å². The highest BCUT2D eigenvalue weighted by Gasteiger charge is 2.28. The van der Waals surface area contributed by atoms with E-state index in [1.165, 1.54) is 22.6 Å². The molecule has 1 aliphatic carbocycles. The summed E-state index contributed by atoms with van der Waals surface area (Å²) >= 11 is 7.35. The van der Waals surface area contributed by atoms with Crippen LogP contribution in [-0.4, -0.2) is 11.8 Å². The van der Waals surface area contributed by atoms with E-state index in [4.69, 9.17) is 17.3 Å². The molecule has 1 aromatic heterocycles. The number of carbonyl (C=O) groups excluding carboxylic acids is 2. The zero-order valence-electron chi connectivity index (χ0n) is 14.1. The maximum Gasteiger partial charge on any atom is 0.256 e. The first kappa shape index (κ1) is 18.0. The molecule has 0 saturated carbocycles. The van der Waals surface area contributed by atoms with Crippen LogP contribution < -0.4 is 11.1 Å². The molecule has 0 bridgehead atoms. The standard InChI is InChI=1S/C19H21ClN2O2S/c1-2-3-11-4-9-14-15(10-11)25-19(16(14)17(21)23)22-18(24)12-5-7-13(20)8-6-12/h5-8,11H,2-4,9-10H2,1H3,(H2,21,23)(H,22,24). The molecule has 0 radical (unpaired) electrons. The number of benzene rings is 1. The van der Waals surface area contributed by atoms with Gasteiger partial charge in [0.1, 0.15) is 5.00 Å². The van der Waals surface area contributed by atoms with E-state index >= 15 is 0 Å². The van der Waals surface area contributed by atoms with Crippen molar-refractivity contribution < 1.29 is 9.59 Å². The molecule has 0 spiro atoms. The smallest absolute Gasteiger partial charge is 0.256 e. The van der Waals surface area contributed by atoms with Crippen molar-refractivity contribution in [1.82, 2.24) is 0 Å². The number of amides is 2. The van der Waals surface area contributed by atoms with Gasteiger partial charge < -0.3 is 11.1 Å². The van der Waals surface area contributed by atoms with E-state index in [1.54, 1.807) is 24.3 Å². The first-order chi connectivity index (χ1) is 12.0. The van der Waals surface area contributed by atoms with Gasteiger partial charge in [0.15, 0.2) is 0 Å². The van der Waals surface area contributed by atoms with Gasteiger partial charge in [-0.15, -0.1) is 11.3 Å². The number of thiophene rings is 1. The summed E-state index contributed by atoms with van der Waals surface area (Å²) in [6.45, 7) is 2.19. The van der Waals surface area contributed by atoms with Crippen LogP contribution in [0.3, 0.4) is 0 Å². The number of hydrogen-bond donors (Lipinski definition) is 2. The Morgan fingerprint density at radius 1 is 1.32 bits per heavy atom. The summed E-state index contributed by atoms with van der Waals surface area (Å²) in [7, 11) is 0. The van der Waals surface area contributed by atoms with E-state index in [9.17, 15) is 9.59 Å². The van der Waals surface area contributed by atoms with Crippen LogP contribution in [0.15, 0.2) is 24.3 Å². The predicted molar refractivity (Wildman–Crippen MR) is 103 cm³/mol. The highest BCUT2D eigenvalue weighted by atomic mass is 35.5. The summed E-state index contributed by atoms with van der Waals surface area (Å²) in [5.74, 6) is -0.0857. The van der Waals surface area contributed by atoms with E-state index in [0.29, 0.717) is 27.1 Å². The lowest BCUT2D eigenvalue weighted by Gasteiger charge is -2.21. The van der Waals surface area contributed by atoms with Crippen LogP contribution in [-0.2, 0) is 12.8 Å². The van der Waals surface area contributed by atoms with Crippen LogP contribution >= 0.6 is 22.9 Å². The molecule has 1 heterocycles. The van der Waals surface area contributed by atoms with Gasteiger partial charge in [-0.2, -0.15) is 0 Å². The lowest BCUT2D eigenvalue weighted by molar-refractivity contribution is 0.1000. The summed E-state index contributed by atoms with van der Waals surface area (Å²) in [5.41, 5.74) is 7.61. The van der Waals surface area contributed by atoms with Crippen LogP contribution in [0.2, 0.25) is 5.02 Å². The molecule has 2 amide bonds. The molecule has 1 aliphatic rings. The number of primary amides is 1. The molecule has 6 heteroatoms.